The van der Waals surface area contributed by atoms with Crippen molar-refractivity contribution in [3.63, 3.8) is 0 Å². The van der Waals surface area contributed by atoms with Gasteiger partial charge in [-0.3, -0.25) is 4.72 Å². The summed E-state index contributed by atoms with van der Waals surface area (Å²) in [6, 6.07) is 3.40. The van der Waals surface area contributed by atoms with Crippen molar-refractivity contribution in [3.05, 3.63) is 28.6 Å². The normalized spacial score (nSPS) is 13.3. The van der Waals surface area contributed by atoms with Gasteiger partial charge in [0.15, 0.2) is 5.13 Å². The van der Waals surface area contributed by atoms with E-state index in [1.807, 2.05) is 12.3 Å². The maximum Gasteiger partial charge on any atom is 0.273 e. The molecule has 2 aromatic heterocycles. The topological polar surface area (TPSA) is 71.1 Å². The Morgan fingerprint density at radius 2 is 2.20 bits per heavy atom. The van der Waals surface area contributed by atoms with Crippen molar-refractivity contribution in [1.82, 2.24) is 10.3 Å². The summed E-state index contributed by atoms with van der Waals surface area (Å²) in [5, 5.41) is 7.33. The van der Waals surface area contributed by atoms with E-state index in [1.54, 1.807) is 17.5 Å². The van der Waals surface area contributed by atoms with E-state index in [1.165, 1.54) is 22.7 Å². The molecule has 0 bridgehead atoms. The molecular formula is C12H17N3O2S3. The molecular weight excluding hydrogens is 314 g/mol. The average Bonchev–Trinajstić information content (AvgIpc) is 3.06. The van der Waals surface area contributed by atoms with Crippen LogP contribution in [-0.2, 0) is 10.0 Å². The van der Waals surface area contributed by atoms with E-state index < -0.39 is 10.0 Å². The fourth-order valence-corrected chi connectivity index (χ4v) is 4.63. The first-order chi connectivity index (χ1) is 9.53. The van der Waals surface area contributed by atoms with Crippen LogP contribution < -0.4 is 10.0 Å². The lowest BCUT2D eigenvalue weighted by Gasteiger charge is -2.09. The van der Waals surface area contributed by atoms with Crippen LogP contribution >= 0.6 is 22.7 Å². The third kappa shape index (κ3) is 3.78. The molecule has 0 saturated heterocycles. The molecule has 5 nitrogen and oxygen atoms in total. The van der Waals surface area contributed by atoms with Gasteiger partial charge in [-0.25, -0.2) is 13.4 Å². The van der Waals surface area contributed by atoms with Crippen molar-refractivity contribution in [2.45, 2.75) is 30.5 Å². The zero-order valence-corrected chi connectivity index (χ0v) is 13.7. The summed E-state index contributed by atoms with van der Waals surface area (Å²) in [6.07, 6.45) is 1.05. The molecule has 110 valence electrons. The SMILES string of the molecule is CCCNC(C)c1csc(NS(=O)(=O)c2cccs2)n1. The second-order valence-electron chi connectivity index (χ2n) is 4.29. The van der Waals surface area contributed by atoms with Gasteiger partial charge in [-0.2, -0.15) is 0 Å². The Balaban J connectivity index is 2.06. The van der Waals surface area contributed by atoms with Crippen LogP contribution in [0.2, 0.25) is 0 Å². The molecule has 0 radical (unpaired) electrons. The Morgan fingerprint density at radius 1 is 1.40 bits per heavy atom. The molecule has 20 heavy (non-hydrogen) atoms. The Hall–Kier alpha value is -0.960. The number of hydrogen-bond acceptors (Lipinski definition) is 6. The van der Waals surface area contributed by atoms with Crippen LogP contribution in [0.15, 0.2) is 27.1 Å². The average molecular weight is 331 g/mol. The van der Waals surface area contributed by atoms with Crippen LogP contribution in [0, 0.1) is 0 Å². The first-order valence-corrected chi connectivity index (χ1v) is 9.52. The molecule has 1 atom stereocenters. The summed E-state index contributed by atoms with van der Waals surface area (Å²) in [7, 11) is -3.50. The smallest absolute Gasteiger partial charge is 0.273 e. The van der Waals surface area contributed by atoms with Gasteiger partial charge in [-0.05, 0) is 31.3 Å². The van der Waals surface area contributed by atoms with Gasteiger partial charge in [0.05, 0.1) is 5.69 Å². The zero-order chi connectivity index (χ0) is 14.6. The molecule has 2 heterocycles. The number of rotatable bonds is 7. The van der Waals surface area contributed by atoms with Crippen LogP contribution in [0.25, 0.3) is 0 Å². The van der Waals surface area contributed by atoms with E-state index in [0.29, 0.717) is 9.34 Å². The molecule has 0 aliphatic carbocycles. The number of nitrogens with zero attached hydrogens (tertiary/aromatic N) is 1. The highest BCUT2D eigenvalue weighted by atomic mass is 32.2. The number of hydrogen-bond donors (Lipinski definition) is 2. The lowest BCUT2D eigenvalue weighted by atomic mass is 10.2. The van der Waals surface area contributed by atoms with E-state index in [4.69, 9.17) is 0 Å². The number of thiazole rings is 1. The minimum absolute atomic E-state index is 0.117. The maximum atomic E-state index is 12.1. The zero-order valence-electron chi connectivity index (χ0n) is 11.3. The summed E-state index contributed by atoms with van der Waals surface area (Å²) in [6.45, 7) is 5.03. The Morgan fingerprint density at radius 3 is 2.85 bits per heavy atom. The van der Waals surface area contributed by atoms with Gasteiger partial charge in [0.2, 0.25) is 0 Å². The lowest BCUT2D eigenvalue weighted by molar-refractivity contribution is 0.561. The molecule has 0 aliphatic heterocycles. The van der Waals surface area contributed by atoms with Gasteiger partial charge in [0.25, 0.3) is 10.0 Å². The van der Waals surface area contributed by atoms with Gasteiger partial charge in [0, 0.05) is 11.4 Å². The van der Waals surface area contributed by atoms with E-state index in [9.17, 15) is 8.42 Å². The van der Waals surface area contributed by atoms with Crippen molar-refractivity contribution < 1.29 is 8.42 Å². The summed E-state index contributed by atoms with van der Waals surface area (Å²) in [5.74, 6) is 0. The highest BCUT2D eigenvalue weighted by Gasteiger charge is 2.18. The van der Waals surface area contributed by atoms with E-state index in [2.05, 4.69) is 21.9 Å². The van der Waals surface area contributed by atoms with Gasteiger partial charge in [-0.15, -0.1) is 22.7 Å². The van der Waals surface area contributed by atoms with Crippen molar-refractivity contribution in [1.29, 1.82) is 0 Å². The Kier molecular flexibility index (Phi) is 5.14. The number of nitrogens with one attached hydrogen (secondary N) is 2. The fraction of sp³-hybridized carbons (Fsp3) is 0.417. The predicted molar refractivity (Wildman–Crippen MR) is 84.0 cm³/mol. The van der Waals surface area contributed by atoms with Gasteiger partial charge in [-0.1, -0.05) is 13.0 Å². The first kappa shape index (κ1) is 15.4. The van der Waals surface area contributed by atoms with Crippen molar-refractivity contribution in [2.24, 2.45) is 0 Å². The van der Waals surface area contributed by atoms with Crippen LogP contribution in [0.5, 0.6) is 0 Å². The van der Waals surface area contributed by atoms with Gasteiger partial charge in [0.1, 0.15) is 4.21 Å². The van der Waals surface area contributed by atoms with Crippen molar-refractivity contribution in [3.8, 4) is 0 Å². The number of thiophene rings is 1. The highest BCUT2D eigenvalue weighted by Crippen LogP contribution is 2.24. The van der Waals surface area contributed by atoms with Crippen molar-refractivity contribution >= 4 is 37.8 Å². The number of aromatic nitrogens is 1. The summed E-state index contributed by atoms with van der Waals surface area (Å²) in [5.41, 5.74) is 0.854. The van der Waals surface area contributed by atoms with E-state index in [-0.39, 0.29) is 6.04 Å². The molecule has 0 spiro atoms. The third-order valence-corrected chi connectivity index (χ3v) is 6.29. The standard InChI is InChI=1S/C12H17N3O2S3/c1-3-6-13-9(2)10-8-19-12(14-10)15-20(16,17)11-5-4-7-18-11/h4-5,7-9,13H,3,6H2,1-2H3,(H,14,15). The fourth-order valence-electron chi connectivity index (χ4n) is 1.58. The van der Waals surface area contributed by atoms with Crippen LogP contribution in [-0.4, -0.2) is 19.9 Å². The minimum Gasteiger partial charge on any atom is -0.309 e. The molecule has 1 unspecified atom stereocenters. The lowest BCUT2D eigenvalue weighted by Crippen LogP contribution is -2.19. The second kappa shape index (κ2) is 6.66. The monoisotopic (exact) mass is 331 g/mol. The molecule has 8 heteroatoms. The van der Waals surface area contributed by atoms with Crippen LogP contribution in [0.1, 0.15) is 32.0 Å². The third-order valence-electron chi connectivity index (χ3n) is 2.65. The maximum absolute atomic E-state index is 12.1. The molecule has 0 amide bonds. The minimum atomic E-state index is -3.50. The molecule has 2 aromatic rings. The Labute approximate surface area is 127 Å². The molecule has 0 aliphatic rings. The summed E-state index contributed by atoms with van der Waals surface area (Å²) in [4.78, 5) is 4.33. The number of anilines is 1. The molecule has 0 fully saturated rings. The molecule has 2 rings (SSSR count). The van der Waals surface area contributed by atoms with E-state index in [0.717, 1.165) is 18.7 Å². The van der Waals surface area contributed by atoms with Gasteiger partial charge < -0.3 is 5.32 Å². The summed E-state index contributed by atoms with van der Waals surface area (Å²) >= 11 is 2.49. The summed E-state index contributed by atoms with van der Waals surface area (Å²) < 4.78 is 26.9. The van der Waals surface area contributed by atoms with Gasteiger partial charge >= 0.3 is 0 Å². The van der Waals surface area contributed by atoms with Crippen molar-refractivity contribution in [2.75, 3.05) is 11.3 Å². The quantitative estimate of drug-likeness (QED) is 0.818. The van der Waals surface area contributed by atoms with Crippen LogP contribution in [0.4, 0.5) is 5.13 Å². The molecule has 2 N–H and O–H groups in total. The molecule has 0 saturated carbocycles. The second-order valence-corrected chi connectivity index (χ2v) is 8.01. The molecule has 0 aromatic carbocycles. The largest absolute Gasteiger partial charge is 0.309 e. The number of sulfonamides is 1. The highest BCUT2D eigenvalue weighted by molar-refractivity contribution is 7.94. The first-order valence-electron chi connectivity index (χ1n) is 6.28. The van der Waals surface area contributed by atoms with Crippen LogP contribution in [0.3, 0.4) is 0 Å². The predicted octanol–water partition coefficient (Wildman–Crippen LogP) is 3.07. The Bertz CT molecular complexity index is 635. The van der Waals surface area contributed by atoms with E-state index >= 15 is 0 Å².